The fourth-order valence-corrected chi connectivity index (χ4v) is 3.40. The quantitative estimate of drug-likeness (QED) is 0.288. The average molecular weight is 442 g/mol. The van der Waals surface area contributed by atoms with Crippen LogP contribution in [0.4, 0.5) is 5.69 Å². The van der Waals surface area contributed by atoms with Gasteiger partial charge in [-0.15, -0.1) is 0 Å². The minimum atomic E-state index is -0.628. The van der Waals surface area contributed by atoms with Gasteiger partial charge in [0, 0.05) is 17.7 Å². The summed E-state index contributed by atoms with van der Waals surface area (Å²) in [5.41, 5.74) is 0.775. The van der Waals surface area contributed by atoms with E-state index in [-0.39, 0.29) is 45.7 Å². The van der Waals surface area contributed by atoms with Gasteiger partial charge >= 0.3 is 0 Å². The monoisotopic (exact) mass is 441 g/mol. The van der Waals surface area contributed by atoms with Gasteiger partial charge in [-0.3, -0.25) is 19.7 Å². The van der Waals surface area contributed by atoms with Crippen LogP contribution in [0.3, 0.4) is 0 Å². The maximum absolute atomic E-state index is 13.3. The largest absolute Gasteiger partial charge is 0.469 e. The number of nitrogens with zero attached hydrogens (tertiary/aromatic N) is 3. The van der Waals surface area contributed by atoms with Gasteiger partial charge in [-0.05, 0) is 32.4 Å². The van der Waals surface area contributed by atoms with E-state index in [1.807, 2.05) is 0 Å². The number of ketones is 2. The van der Waals surface area contributed by atoms with Crippen LogP contribution in [0.15, 0.2) is 42.6 Å². The van der Waals surface area contributed by atoms with E-state index in [0.717, 1.165) is 0 Å². The topological polar surface area (TPSA) is 104 Å². The number of carbonyl (C=O) groups excluding carboxylic acids is 2. The predicted molar refractivity (Wildman–Crippen MR) is 115 cm³/mol. The number of aromatic nitrogens is 2. The van der Waals surface area contributed by atoms with Gasteiger partial charge in [-0.25, -0.2) is 4.68 Å². The molecule has 8 nitrogen and oxygen atoms in total. The number of carbonyl (C=O) groups is 2. The van der Waals surface area contributed by atoms with E-state index in [0.29, 0.717) is 17.7 Å². The summed E-state index contributed by atoms with van der Waals surface area (Å²) in [7, 11) is 0. The van der Waals surface area contributed by atoms with Crippen LogP contribution in [0.5, 0.6) is 5.88 Å². The Bertz CT molecular complexity index is 1170. The third-order valence-corrected chi connectivity index (χ3v) is 5.43. The van der Waals surface area contributed by atoms with Crippen LogP contribution >= 0.6 is 11.6 Å². The minimum absolute atomic E-state index is 0.0342. The van der Waals surface area contributed by atoms with Gasteiger partial charge in [0.1, 0.15) is 11.1 Å². The fraction of sp³-hybridized carbons (Fsp3) is 0.227. The molecule has 9 heteroatoms. The molecule has 0 aliphatic heterocycles. The van der Waals surface area contributed by atoms with Crippen LogP contribution in [-0.2, 0) is 6.54 Å². The second-order valence-electron chi connectivity index (χ2n) is 6.87. The molecule has 0 atom stereocenters. The summed E-state index contributed by atoms with van der Waals surface area (Å²) in [4.78, 5) is 36.7. The molecule has 3 rings (SSSR count). The van der Waals surface area contributed by atoms with Gasteiger partial charge in [-0.1, -0.05) is 41.9 Å². The summed E-state index contributed by atoms with van der Waals surface area (Å²) in [6.45, 7) is 5.03. The van der Waals surface area contributed by atoms with E-state index >= 15 is 0 Å². The highest BCUT2D eigenvalue weighted by molar-refractivity contribution is 6.32. The van der Waals surface area contributed by atoms with E-state index in [4.69, 9.17) is 16.3 Å². The molecule has 0 radical (unpaired) electrons. The molecule has 0 fully saturated rings. The van der Waals surface area contributed by atoms with E-state index < -0.39 is 10.7 Å². The second-order valence-corrected chi connectivity index (χ2v) is 7.25. The number of ether oxygens (including phenoxy) is 1. The fourth-order valence-electron chi connectivity index (χ4n) is 3.25. The lowest BCUT2D eigenvalue weighted by molar-refractivity contribution is -0.385. The number of hydrogen-bond donors (Lipinski definition) is 0. The molecule has 2 aromatic carbocycles. The van der Waals surface area contributed by atoms with Crippen LogP contribution in [0.1, 0.15) is 44.3 Å². The molecule has 1 aromatic heterocycles. The molecule has 0 saturated heterocycles. The Kier molecular flexibility index (Phi) is 6.50. The van der Waals surface area contributed by atoms with Gasteiger partial charge in [0.2, 0.25) is 11.7 Å². The first kappa shape index (κ1) is 22.2. The first-order valence-corrected chi connectivity index (χ1v) is 9.89. The Morgan fingerprint density at radius 2 is 1.87 bits per heavy atom. The third kappa shape index (κ3) is 4.34. The lowest BCUT2D eigenvalue weighted by Gasteiger charge is -2.11. The zero-order chi connectivity index (χ0) is 22.7. The van der Waals surface area contributed by atoms with E-state index in [9.17, 15) is 19.7 Å². The van der Waals surface area contributed by atoms with Crippen molar-refractivity contribution in [2.75, 3.05) is 6.61 Å². The maximum Gasteiger partial charge on any atom is 0.284 e. The highest BCUT2D eigenvalue weighted by Crippen LogP contribution is 2.35. The molecule has 0 saturated carbocycles. The van der Waals surface area contributed by atoms with Gasteiger partial charge in [0.15, 0.2) is 12.4 Å². The number of Topliss-reactive ketones (excluding diaryl/α,β-unsaturated/α-hetero) is 1. The van der Waals surface area contributed by atoms with Crippen LogP contribution in [-0.4, -0.2) is 32.9 Å². The summed E-state index contributed by atoms with van der Waals surface area (Å²) >= 11 is 6.16. The van der Waals surface area contributed by atoms with Crippen molar-refractivity contribution in [2.24, 2.45) is 0 Å². The summed E-state index contributed by atoms with van der Waals surface area (Å²) in [6.07, 6.45) is 1.29. The van der Waals surface area contributed by atoms with Crippen LogP contribution in [0.25, 0.3) is 0 Å². The average Bonchev–Trinajstić information content (AvgIpc) is 3.18. The van der Waals surface area contributed by atoms with Gasteiger partial charge < -0.3 is 4.74 Å². The van der Waals surface area contributed by atoms with Crippen LogP contribution in [0.2, 0.25) is 5.02 Å². The summed E-state index contributed by atoms with van der Waals surface area (Å²) < 4.78 is 7.10. The number of nitro groups is 1. The molecular weight excluding hydrogens is 422 g/mol. The first-order chi connectivity index (χ1) is 14.8. The molecule has 0 bridgehead atoms. The molecule has 0 amide bonds. The Morgan fingerprint density at radius 3 is 2.48 bits per heavy atom. The van der Waals surface area contributed by atoms with Crippen LogP contribution < -0.4 is 4.74 Å². The molecule has 3 aromatic rings. The van der Waals surface area contributed by atoms with E-state index in [1.54, 1.807) is 44.2 Å². The van der Waals surface area contributed by atoms with Gasteiger partial charge in [0.05, 0.1) is 16.1 Å². The Morgan fingerprint density at radius 1 is 1.19 bits per heavy atom. The lowest BCUT2D eigenvalue weighted by atomic mass is 9.98. The smallest absolute Gasteiger partial charge is 0.284 e. The number of aryl methyl sites for hydroxylation is 2. The van der Waals surface area contributed by atoms with E-state index in [2.05, 4.69) is 5.10 Å². The molecule has 0 aliphatic carbocycles. The number of nitro benzene ring substituents is 1. The number of rotatable bonds is 8. The summed E-state index contributed by atoms with van der Waals surface area (Å²) in [5.74, 6) is -0.820. The lowest BCUT2D eigenvalue weighted by Crippen LogP contribution is -2.16. The minimum Gasteiger partial charge on any atom is -0.469 e. The standard InChI is InChI=1S/C22H20ClN3O5/c1-4-25-22(31-12-18(27)15-8-6-5-7-9-15)17(11-24-25)21(28)16-10-13(2)19(23)14(3)20(16)26(29)30/h5-11H,4,12H2,1-3H3. The Balaban J connectivity index is 1.99. The van der Waals surface area contributed by atoms with Crippen LogP contribution in [0, 0.1) is 24.0 Å². The second kappa shape index (κ2) is 9.09. The van der Waals surface area contributed by atoms with Crippen molar-refractivity contribution in [1.82, 2.24) is 9.78 Å². The van der Waals surface area contributed by atoms with Crippen molar-refractivity contribution >= 4 is 28.9 Å². The normalized spacial score (nSPS) is 10.7. The van der Waals surface area contributed by atoms with Crippen molar-refractivity contribution in [3.05, 3.63) is 85.5 Å². The molecule has 0 N–H and O–H groups in total. The molecule has 0 unspecified atom stereocenters. The number of hydrogen-bond acceptors (Lipinski definition) is 6. The van der Waals surface area contributed by atoms with Crippen molar-refractivity contribution in [3.8, 4) is 5.88 Å². The third-order valence-electron chi connectivity index (χ3n) is 4.84. The molecule has 0 spiro atoms. The summed E-state index contributed by atoms with van der Waals surface area (Å²) in [6, 6.07) is 9.99. The molecule has 160 valence electrons. The van der Waals surface area contributed by atoms with E-state index in [1.165, 1.54) is 23.9 Å². The Hall–Kier alpha value is -3.52. The van der Waals surface area contributed by atoms with Gasteiger partial charge in [-0.2, -0.15) is 5.10 Å². The molecular formula is C22H20ClN3O5. The number of benzene rings is 2. The first-order valence-electron chi connectivity index (χ1n) is 9.51. The van der Waals surface area contributed by atoms with Crippen molar-refractivity contribution < 1.29 is 19.2 Å². The van der Waals surface area contributed by atoms with Crippen molar-refractivity contribution in [1.29, 1.82) is 0 Å². The highest BCUT2D eigenvalue weighted by atomic mass is 35.5. The van der Waals surface area contributed by atoms with Crippen molar-refractivity contribution in [2.45, 2.75) is 27.3 Å². The zero-order valence-electron chi connectivity index (χ0n) is 17.2. The predicted octanol–water partition coefficient (Wildman–Crippen LogP) is 4.57. The molecule has 1 heterocycles. The highest BCUT2D eigenvalue weighted by Gasteiger charge is 2.30. The SMILES string of the molecule is CCn1ncc(C(=O)c2cc(C)c(Cl)c(C)c2[N+](=O)[O-])c1OCC(=O)c1ccccc1. The molecule has 0 aliphatic rings. The van der Waals surface area contributed by atoms with Gasteiger partial charge in [0.25, 0.3) is 5.69 Å². The summed E-state index contributed by atoms with van der Waals surface area (Å²) in [5, 5.41) is 16.0. The van der Waals surface area contributed by atoms with Crippen molar-refractivity contribution in [3.63, 3.8) is 0 Å². The zero-order valence-corrected chi connectivity index (χ0v) is 18.0. The molecule has 31 heavy (non-hydrogen) atoms. The maximum atomic E-state index is 13.3. The Labute approximate surface area is 183 Å². The number of halogens is 1.